The summed E-state index contributed by atoms with van der Waals surface area (Å²) in [5, 5.41) is 4.07. The van der Waals surface area contributed by atoms with Gasteiger partial charge in [-0.25, -0.2) is 0 Å². The standard InChI is InChI=1S/C17H27ClN4O2.HI/c1-19-17(20-12-16-13-21(2)8-10-24-16)22(3)9-11-23-15-6-4-14(18)5-7-15;/h4-7,16H,8-13H2,1-3H3,(H,19,20);1H. The van der Waals surface area contributed by atoms with Crippen molar-refractivity contribution in [2.45, 2.75) is 6.10 Å². The molecule has 0 amide bonds. The summed E-state index contributed by atoms with van der Waals surface area (Å²) in [5.74, 6) is 1.65. The number of ether oxygens (including phenoxy) is 2. The van der Waals surface area contributed by atoms with E-state index in [0.29, 0.717) is 11.6 Å². The third kappa shape index (κ3) is 7.98. The quantitative estimate of drug-likeness (QED) is 0.383. The Bertz CT molecular complexity index is 530. The summed E-state index contributed by atoms with van der Waals surface area (Å²) in [6, 6.07) is 7.38. The first-order valence-electron chi connectivity index (χ1n) is 8.19. The molecule has 1 atom stereocenters. The predicted molar refractivity (Wildman–Crippen MR) is 114 cm³/mol. The number of likely N-dealkylation sites (N-methyl/N-ethyl adjacent to an activating group) is 2. The zero-order valence-corrected chi connectivity index (χ0v) is 18.2. The fourth-order valence-corrected chi connectivity index (χ4v) is 2.64. The Balaban J connectivity index is 0.00000312. The van der Waals surface area contributed by atoms with Crippen molar-refractivity contribution >= 4 is 41.5 Å². The van der Waals surface area contributed by atoms with Gasteiger partial charge in [0.2, 0.25) is 0 Å². The third-order valence-corrected chi connectivity index (χ3v) is 4.16. The molecule has 1 heterocycles. The molecule has 25 heavy (non-hydrogen) atoms. The monoisotopic (exact) mass is 482 g/mol. The highest BCUT2D eigenvalue weighted by molar-refractivity contribution is 14.0. The van der Waals surface area contributed by atoms with E-state index in [0.717, 1.165) is 44.5 Å². The van der Waals surface area contributed by atoms with Gasteiger partial charge in [-0.05, 0) is 31.3 Å². The van der Waals surface area contributed by atoms with Gasteiger partial charge in [0, 0.05) is 38.8 Å². The average Bonchev–Trinajstić information content (AvgIpc) is 2.57. The maximum atomic E-state index is 5.86. The Morgan fingerprint density at radius 2 is 2.16 bits per heavy atom. The van der Waals surface area contributed by atoms with Crippen molar-refractivity contribution in [3.05, 3.63) is 29.3 Å². The van der Waals surface area contributed by atoms with Gasteiger partial charge in [-0.15, -0.1) is 24.0 Å². The van der Waals surface area contributed by atoms with Gasteiger partial charge < -0.3 is 24.6 Å². The van der Waals surface area contributed by atoms with E-state index in [-0.39, 0.29) is 30.1 Å². The van der Waals surface area contributed by atoms with E-state index in [2.05, 4.69) is 22.3 Å². The van der Waals surface area contributed by atoms with E-state index in [4.69, 9.17) is 21.1 Å². The van der Waals surface area contributed by atoms with Gasteiger partial charge in [0.05, 0.1) is 19.3 Å². The summed E-state index contributed by atoms with van der Waals surface area (Å²) in [4.78, 5) is 8.64. The van der Waals surface area contributed by atoms with Gasteiger partial charge in [-0.2, -0.15) is 0 Å². The molecular formula is C17H28ClIN4O2. The van der Waals surface area contributed by atoms with E-state index in [9.17, 15) is 0 Å². The van der Waals surface area contributed by atoms with E-state index in [1.807, 2.05) is 36.2 Å². The van der Waals surface area contributed by atoms with Crippen LogP contribution in [0.15, 0.2) is 29.3 Å². The fraction of sp³-hybridized carbons (Fsp3) is 0.588. The Morgan fingerprint density at radius 1 is 1.44 bits per heavy atom. The first-order valence-corrected chi connectivity index (χ1v) is 8.56. The summed E-state index contributed by atoms with van der Waals surface area (Å²) >= 11 is 5.86. The lowest BCUT2D eigenvalue weighted by Crippen LogP contribution is -2.49. The van der Waals surface area contributed by atoms with Crippen LogP contribution in [0.1, 0.15) is 0 Å². The lowest BCUT2D eigenvalue weighted by atomic mass is 10.3. The first-order chi connectivity index (χ1) is 11.6. The molecule has 0 bridgehead atoms. The van der Waals surface area contributed by atoms with Crippen molar-refractivity contribution in [1.82, 2.24) is 15.1 Å². The third-order valence-electron chi connectivity index (χ3n) is 3.91. The van der Waals surface area contributed by atoms with Crippen molar-refractivity contribution < 1.29 is 9.47 Å². The highest BCUT2D eigenvalue weighted by Gasteiger charge is 2.18. The van der Waals surface area contributed by atoms with Gasteiger partial charge in [0.25, 0.3) is 0 Å². The molecule has 142 valence electrons. The highest BCUT2D eigenvalue weighted by atomic mass is 127. The number of hydrogen-bond donors (Lipinski definition) is 1. The number of nitrogens with one attached hydrogen (secondary N) is 1. The lowest BCUT2D eigenvalue weighted by Gasteiger charge is -2.31. The SMILES string of the molecule is CN=C(NCC1CN(C)CCO1)N(C)CCOc1ccc(Cl)cc1.I. The summed E-state index contributed by atoms with van der Waals surface area (Å²) in [5.41, 5.74) is 0. The number of hydrogen-bond acceptors (Lipinski definition) is 4. The molecule has 0 spiro atoms. The van der Waals surface area contributed by atoms with Crippen molar-refractivity contribution in [2.75, 3.05) is 60.5 Å². The van der Waals surface area contributed by atoms with Crippen LogP contribution >= 0.6 is 35.6 Å². The molecule has 1 aliphatic heterocycles. The van der Waals surface area contributed by atoms with Gasteiger partial charge >= 0.3 is 0 Å². The summed E-state index contributed by atoms with van der Waals surface area (Å²) in [6.07, 6.45) is 0.194. The molecule has 0 radical (unpaired) electrons. The number of rotatable bonds is 6. The Kier molecular flexibility index (Phi) is 10.5. The summed E-state index contributed by atoms with van der Waals surface area (Å²) < 4.78 is 11.5. The molecule has 1 N–H and O–H groups in total. The van der Waals surface area contributed by atoms with Crippen molar-refractivity contribution in [1.29, 1.82) is 0 Å². The molecule has 0 aliphatic carbocycles. The molecule has 6 nitrogen and oxygen atoms in total. The number of aliphatic imine (C=N–C) groups is 1. The van der Waals surface area contributed by atoms with E-state index < -0.39 is 0 Å². The smallest absolute Gasteiger partial charge is 0.193 e. The van der Waals surface area contributed by atoms with Crippen molar-refractivity contribution in [2.24, 2.45) is 4.99 Å². The largest absolute Gasteiger partial charge is 0.492 e. The second-order valence-corrected chi connectivity index (χ2v) is 6.34. The van der Waals surface area contributed by atoms with Crippen LogP contribution in [-0.2, 0) is 4.74 Å². The predicted octanol–water partition coefficient (Wildman–Crippen LogP) is 2.17. The van der Waals surface area contributed by atoms with Crippen LogP contribution in [0.5, 0.6) is 5.75 Å². The first kappa shape index (κ1) is 22.3. The average molecular weight is 483 g/mol. The molecule has 2 rings (SSSR count). The lowest BCUT2D eigenvalue weighted by molar-refractivity contribution is -0.0163. The molecular weight excluding hydrogens is 455 g/mol. The van der Waals surface area contributed by atoms with Gasteiger partial charge in [-0.1, -0.05) is 11.6 Å². The van der Waals surface area contributed by atoms with Crippen LogP contribution in [-0.4, -0.2) is 82.4 Å². The van der Waals surface area contributed by atoms with Crippen LogP contribution in [0, 0.1) is 0 Å². The van der Waals surface area contributed by atoms with Crippen molar-refractivity contribution in [3.63, 3.8) is 0 Å². The second-order valence-electron chi connectivity index (χ2n) is 5.91. The van der Waals surface area contributed by atoms with Gasteiger partial charge in [-0.3, -0.25) is 4.99 Å². The van der Waals surface area contributed by atoms with E-state index in [1.165, 1.54) is 0 Å². The maximum Gasteiger partial charge on any atom is 0.193 e. The Labute approximate surface area is 172 Å². The van der Waals surface area contributed by atoms with Crippen LogP contribution in [0.3, 0.4) is 0 Å². The topological polar surface area (TPSA) is 49.3 Å². The van der Waals surface area contributed by atoms with E-state index in [1.54, 1.807) is 7.05 Å². The van der Waals surface area contributed by atoms with Crippen LogP contribution < -0.4 is 10.1 Å². The molecule has 1 unspecified atom stereocenters. The molecule has 1 aromatic rings. The van der Waals surface area contributed by atoms with Gasteiger partial charge in [0.15, 0.2) is 5.96 Å². The molecule has 1 fully saturated rings. The molecule has 1 saturated heterocycles. The molecule has 0 aromatic heterocycles. The number of halogens is 2. The van der Waals surface area contributed by atoms with Gasteiger partial charge in [0.1, 0.15) is 12.4 Å². The maximum absolute atomic E-state index is 5.86. The minimum atomic E-state index is 0. The van der Waals surface area contributed by atoms with Crippen LogP contribution in [0.2, 0.25) is 5.02 Å². The minimum Gasteiger partial charge on any atom is -0.492 e. The molecule has 1 aromatic carbocycles. The Hall–Kier alpha value is -0.770. The van der Waals surface area contributed by atoms with E-state index >= 15 is 0 Å². The van der Waals surface area contributed by atoms with Crippen LogP contribution in [0.4, 0.5) is 0 Å². The molecule has 0 saturated carbocycles. The molecule has 1 aliphatic rings. The normalized spacial score (nSPS) is 18.4. The van der Waals surface area contributed by atoms with Crippen LogP contribution in [0.25, 0.3) is 0 Å². The summed E-state index contributed by atoms with van der Waals surface area (Å²) in [7, 11) is 5.89. The Morgan fingerprint density at radius 3 is 2.80 bits per heavy atom. The fourth-order valence-electron chi connectivity index (χ4n) is 2.52. The van der Waals surface area contributed by atoms with Crippen molar-refractivity contribution in [3.8, 4) is 5.75 Å². The second kappa shape index (κ2) is 11.8. The summed E-state index contributed by atoms with van der Waals surface area (Å²) in [6.45, 7) is 4.77. The number of morpholine rings is 1. The number of benzene rings is 1. The number of guanidine groups is 1. The minimum absolute atomic E-state index is 0. The highest BCUT2D eigenvalue weighted by Crippen LogP contribution is 2.15. The zero-order chi connectivity index (χ0) is 17.4. The molecule has 8 heteroatoms. The zero-order valence-electron chi connectivity index (χ0n) is 15.1. The number of nitrogens with zero attached hydrogens (tertiary/aromatic N) is 3.